The third-order valence-corrected chi connectivity index (χ3v) is 6.44. The van der Waals surface area contributed by atoms with Gasteiger partial charge in [0.05, 0.1) is 24.2 Å². The van der Waals surface area contributed by atoms with E-state index in [0.29, 0.717) is 22.9 Å². The minimum Gasteiger partial charge on any atom is -0.370 e. The second-order valence-electron chi connectivity index (χ2n) is 7.00. The van der Waals surface area contributed by atoms with E-state index in [4.69, 9.17) is 0 Å². The summed E-state index contributed by atoms with van der Waals surface area (Å²) >= 11 is 2.79. The summed E-state index contributed by atoms with van der Waals surface area (Å²) in [6.45, 7) is 1.71. The Hall–Kier alpha value is -2.78. The first-order chi connectivity index (χ1) is 14.6. The molecule has 0 saturated carbocycles. The van der Waals surface area contributed by atoms with Gasteiger partial charge < -0.3 is 15.5 Å². The highest BCUT2D eigenvalue weighted by molar-refractivity contribution is 7.14. The van der Waals surface area contributed by atoms with Crippen LogP contribution in [0.1, 0.15) is 23.4 Å². The van der Waals surface area contributed by atoms with Gasteiger partial charge in [-0.3, -0.25) is 9.59 Å². The number of anilines is 3. The van der Waals surface area contributed by atoms with Crippen molar-refractivity contribution in [3.8, 4) is 0 Å². The van der Waals surface area contributed by atoms with Crippen LogP contribution in [0.25, 0.3) is 0 Å². The van der Waals surface area contributed by atoms with Gasteiger partial charge in [0.25, 0.3) is 0 Å². The molecular formula is C21H21FN4O2S2. The van der Waals surface area contributed by atoms with E-state index in [1.165, 1.54) is 28.7 Å². The molecule has 2 N–H and O–H groups in total. The molecule has 0 bridgehead atoms. The molecule has 6 nitrogen and oxygen atoms in total. The quantitative estimate of drug-likeness (QED) is 0.570. The summed E-state index contributed by atoms with van der Waals surface area (Å²) < 4.78 is 14.4. The number of hydrogen-bond acceptors (Lipinski definition) is 6. The lowest BCUT2D eigenvalue weighted by molar-refractivity contribution is -0.116. The molecule has 0 unspecified atom stereocenters. The Kier molecular flexibility index (Phi) is 6.39. The van der Waals surface area contributed by atoms with Gasteiger partial charge in [-0.05, 0) is 36.4 Å². The third-order valence-electron chi connectivity index (χ3n) is 4.76. The molecular weight excluding hydrogens is 423 g/mol. The second kappa shape index (κ2) is 9.36. The fourth-order valence-corrected chi connectivity index (χ4v) is 4.82. The molecule has 0 spiro atoms. The van der Waals surface area contributed by atoms with Crippen LogP contribution in [0, 0.1) is 5.82 Å². The third kappa shape index (κ3) is 5.03. The highest BCUT2D eigenvalue weighted by atomic mass is 32.1. The number of carbonyl (C=O) groups is 2. The minimum absolute atomic E-state index is 0.00503. The summed E-state index contributed by atoms with van der Waals surface area (Å²) in [5, 5.41) is 9.56. The Labute approximate surface area is 181 Å². The van der Waals surface area contributed by atoms with Crippen LogP contribution in [-0.4, -0.2) is 29.9 Å². The molecule has 9 heteroatoms. The molecule has 156 valence electrons. The maximum atomic E-state index is 14.4. The van der Waals surface area contributed by atoms with Gasteiger partial charge >= 0.3 is 0 Å². The lowest BCUT2D eigenvalue weighted by atomic mass is 10.2. The van der Waals surface area contributed by atoms with Crippen LogP contribution in [0.5, 0.6) is 0 Å². The zero-order valence-corrected chi connectivity index (χ0v) is 17.8. The minimum atomic E-state index is -0.451. The molecule has 0 radical (unpaired) electrons. The van der Waals surface area contributed by atoms with Gasteiger partial charge in [0.15, 0.2) is 5.13 Å². The number of nitrogens with one attached hydrogen (secondary N) is 2. The first kappa shape index (κ1) is 20.5. The number of para-hydroxylation sites is 1. The number of thiazole rings is 1. The normalized spacial score (nSPS) is 13.4. The second-order valence-corrected chi connectivity index (χ2v) is 8.89. The molecule has 1 aliphatic heterocycles. The molecule has 1 aliphatic rings. The van der Waals surface area contributed by atoms with Gasteiger partial charge in [-0.2, -0.15) is 0 Å². The number of carbonyl (C=O) groups excluding carboxylic acids is 2. The van der Waals surface area contributed by atoms with E-state index < -0.39 is 5.82 Å². The molecule has 0 aliphatic carbocycles. The highest BCUT2D eigenvalue weighted by Crippen LogP contribution is 2.31. The summed E-state index contributed by atoms with van der Waals surface area (Å²) in [5.74, 6) is -0.945. The Morgan fingerprint density at radius 3 is 2.60 bits per heavy atom. The van der Waals surface area contributed by atoms with Crippen LogP contribution in [0.2, 0.25) is 0 Å². The molecule has 30 heavy (non-hydrogen) atoms. The lowest BCUT2D eigenvalue weighted by Gasteiger charge is -2.21. The van der Waals surface area contributed by atoms with Gasteiger partial charge in [-0.15, -0.1) is 22.7 Å². The molecule has 1 saturated heterocycles. The van der Waals surface area contributed by atoms with Crippen molar-refractivity contribution in [1.29, 1.82) is 0 Å². The van der Waals surface area contributed by atoms with E-state index >= 15 is 0 Å². The maximum absolute atomic E-state index is 14.4. The first-order valence-electron chi connectivity index (χ1n) is 9.68. The number of aromatic nitrogens is 1. The Morgan fingerprint density at radius 1 is 1.03 bits per heavy atom. The van der Waals surface area contributed by atoms with Crippen molar-refractivity contribution in [1.82, 2.24) is 4.98 Å². The number of hydrogen-bond donors (Lipinski definition) is 2. The smallest absolute Gasteiger partial charge is 0.231 e. The van der Waals surface area contributed by atoms with Crippen molar-refractivity contribution < 1.29 is 14.0 Å². The molecule has 1 aromatic carbocycles. The lowest BCUT2D eigenvalue weighted by Crippen LogP contribution is -2.22. The van der Waals surface area contributed by atoms with Crippen molar-refractivity contribution in [2.45, 2.75) is 25.7 Å². The van der Waals surface area contributed by atoms with Gasteiger partial charge in [0.1, 0.15) is 11.5 Å². The van der Waals surface area contributed by atoms with Crippen LogP contribution in [0.3, 0.4) is 0 Å². The topological polar surface area (TPSA) is 74.3 Å². The van der Waals surface area contributed by atoms with E-state index in [9.17, 15) is 14.0 Å². The number of thiophene rings is 1. The summed E-state index contributed by atoms with van der Waals surface area (Å²) in [6.07, 6.45) is 2.41. The summed E-state index contributed by atoms with van der Waals surface area (Å²) in [7, 11) is 0. The number of nitrogens with zero attached hydrogens (tertiary/aromatic N) is 2. The maximum Gasteiger partial charge on any atom is 0.231 e. The molecule has 3 heterocycles. The predicted molar refractivity (Wildman–Crippen MR) is 119 cm³/mol. The summed E-state index contributed by atoms with van der Waals surface area (Å²) in [5.41, 5.74) is 1.45. The van der Waals surface area contributed by atoms with Gasteiger partial charge in [0, 0.05) is 23.3 Å². The Bertz CT molecular complexity index is 1030. The molecule has 4 rings (SSSR count). The molecule has 0 atom stereocenters. The van der Waals surface area contributed by atoms with E-state index in [-0.39, 0.29) is 23.9 Å². The van der Waals surface area contributed by atoms with Crippen LogP contribution in [0.15, 0.2) is 41.1 Å². The highest BCUT2D eigenvalue weighted by Gasteiger charge is 2.20. The van der Waals surface area contributed by atoms with Crippen molar-refractivity contribution in [2.75, 3.05) is 28.6 Å². The van der Waals surface area contributed by atoms with Crippen molar-refractivity contribution in [3.63, 3.8) is 0 Å². The number of amides is 2. The van der Waals surface area contributed by atoms with E-state index in [2.05, 4.69) is 20.5 Å². The Balaban J connectivity index is 1.37. The van der Waals surface area contributed by atoms with Crippen molar-refractivity contribution in [2.24, 2.45) is 0 Å². The van der Waals surface area contributed by atoms with Gasteiger partial charge in [-0.25, -0.2) is 9.37 Å². The van der Waals surface area contributed by atoms with Gasteiger partial charge in [-0.1, -0.05) is 12.1 Å². The fraction of sp³-hybridized carbons (Fsp3) is 0.286. The first-order valence-corrected chi connectivity index (χ1v) is 11.4. The average molecular weight is 445 g/mol. The number of rotatable bonds is 7. The molecule has 1 fully saturated rings. The van der Waals surface area contributed by atoms with Gasteiger partial charge in [0.2, 0.25) is 11.8 Å². The van der Waals surface area contributed by atoms with Crippen molar-refractivity contribution in [3.05, 3.63) is 57.5 Å². The zero-order valence-electron chi connectivity index (χ0n) is 16.2. The summed E-state index contributed by atoms with van der Waals surface area (Å²) in [4.78, 5) is 32.0. The number of benzene rings is 1. The molecule has 2 aromatic heterocycles. The van der Waals surface area contributed by atoms with Crippen molar-refractivity contribution >= 4 is 51.0 Å². The summed E-state index contributed by atoms with van der Waals surface area (Å²) in [6, 6.07) is 8.64. The van der Waals surface area contributed by atoms with Crippen LogP contribution in [-0.2, 0) is 22.4 Å². The monoisotopic (exact) mass is 444 g/mol. The van der Waals surface area contributed by atoms with Crippen LogP contribution in [0.4, 0.5) is 20.9 Å². The molecule has 3 aromatic rings. The number of halogens is 1. The fourth-order valence-electron chi connectivity index (χ4n) is 3.39. The largest absolute Gasteiger partial charge is 0.370 e. The van der Waals surface area contributed by atoms with E-state index in [0.717, 1.165) is 30.8 Å². The SMILES string of the molecule is O=C(Cc1cccs1)Nc1nc(CC(=O)Nc2c(F)cccc2N2CCCC2)cs1. The zero-order chi connectivity index (χ0) is 20.9. The van der Waals surface area contributed by atoms with Crippen LogP contribution >= 0.6 is 22.7 Å². The predicted octanol–water partition coefficient (Wildman–Crippen LogP) is 4.31. The van der Waals surface area contributed by atoms with E-state index in [1.54, 1.807) is 11.4 Å². The Morgan fingerprint density at radius 2 is 1.83 bits per heavy atom. The average Bonchev–Trinajstić information content (AvgIpc) is 3.47. The van der Waals surface area contributed by atoms with E-state index in [1.807, 2.05) is 23.6 Å². The van der Waals surface area contributed by atoms with Crippen LogP contribution < -0.4 is 15.5 Å². The standard InChI is InChI=1S/C21H21FN4O2S2/c22-16-6-3-7-17(26-8-1-2-9-26)20(16)24-18(27)11-14-13-30-21(23-14)25-19(28)12-15-5-4-10-29-15/h3-7,10,13H,1-2,8-9,11-12H2,(H,24,27)(H,23,25,28). The molecule has 2 amide bonds.